The van der Waals surface area contributed by atoms with E-state index in [0.29, 0.717) is 23.0 Å². The molecule has 0 unspecified atom stereocenters. The number of unbranched alkanes of at least 4 members (excludes halogenated alkanes) is 1. The van der Waals surface area contributed by atoms with Crippen molar-refractivity contribution in [1.82, 2.24) is 4.31 Å². The van der Waals surface area contributed by atoms with Gasteiger partial charge in [-0.25, -0.2) is 12.7 Å². The van der Waals surface area contributed by atoms with Crippen molar-refractivity contribution >= 4 is 33.2 Å². The van der Waals surface area contributed by atoms with Crippen LogP contribution in [-0.4, -0.2) is 38.8 Å². The van der Waals surface area contributed by atoms with Gasteiger partial charge < -0.3 is 10.1 Å². The summed E-state index contributed by atoms with van der Waals surface area (Å²) in [5.74, 6) is 0.139. The van der Waals surface area contributed by atoms with Crippen LogP contribution in [0.4, 0.5) is 5.69 Å². The number of amides is 1. The summed E-state index contributed by atoms with van der Waals surface area (Å²) in [6.07, 6.45) is 1.72. The molecule has 1 N–H and O–H groups in total. The highest BCUT2D eigenvalue weighted by Crippen LogP contribution is 2.19. The van der Waals surface area contributed by atoms with Crippen LogP contribution in [0.3, 0.4) is 0 Å². The number of halogens is 1. The van der Waals surface area contributed by atoms with Crippen molar-refractivity contribution in [3.05, 3.63) is 53.6 Å². The van der Waals surface area contributed by atoms with Gasteiger partial charge in [-0.1, -0.05) is 31.0 Å². The summed E-state index contributed by atoms with van der Waals surface area (Å²) in [7, 11) is -1.96. The van der Waals surface area contributed by atoms with Gasteiger partial charge >= 0.3 is 0 Å². The predicted molar refractivity (Wildman–Crippen MR) is 107 cm³/mol. The summed E-state index contributed by atoms with van der Waals surface area (Å²) in [5, 5.41) is 3.19. The number of ether oxygens (including phenoxy) is 1. The van der Waals surface area contributed by atoms with Gasteiger partial charge in [0, 0.05) is 24.3 Å². The molecule has 0 fully saturated rings. The molecule has 0 saturated carbocycles. The summed E-state index contributed by atoms with van der Waals surface area (Å²) in [5.41, 5.74) is 0.491. The zero-order chi connectivity index (χ0) is 19.9. The second-order valence-electron chi connectivity index (χ2n) is 6.00. The van der Waals surface area contributed by atoms with Crippen LogP contribution < -0.4 is 10.1 Å². The lowest BCUT2D eigenvalue weighted by Crippen LogP contribution is -2.28. The lowest BCUT2D eigenvalue weighted by atomic mass is 10.3. The first kappa shape index (κ1) is 21.2. The van der Waals surface area contributed by atoms with Gasteiger partial charge in [0.05, 0.1) is 4.90 Å². The monoisotopic (exact) mass is 410 g/mol. The minimum absolute atomic E-state index is 0.180. The first-order valence-corrected chi connectivity index (χ1v) is 10.4. The van der Waals surface area contributed by atoms with E-state index < -0.39 is 10.0 Å². The molecule has 0 heterocycles. The van der Waals surface area contributed by atoms with Crippen LogP contribution >= 0.6 is 11.6 Å². The number of nitrogens with zero attached hydrogens (tertiary/aromatic N) is 1. The van der Waals surface area contributed by atoms with Gasteiger partial charge in [0.15, 0.2) is 6.61 Å². The molecule has 8 heteroatoms. The maximum Gasteiger partial charge on any atom is 0.262 e. The minimum atomic E-state index is -3.52. The van der Waals surface area contributed by atoms with Crippen molar-refractivity contribution < 1.29 is 17.9 Å². The SMILES string of the molecule is CCCCN(C)S(=O)(=O)c1ccc(NC(=O)COc2cccc(Cl)c2)cc1. The average Bonchev–Trinajstić information content (AvgIpc) is 2.65. The Morgan fingerprint density at radius 1 is 1.19 bits per heavy atom. The van der Waals surface area contributed by atoms with Gasteiger partial charge in [-0.15, -0.1) is 0 Å². The molecule has 0 spiro atoms. The van der Waals surface area contributed by atoms with Gasteiger partial charge in [-0.05, 0) is 48.9 Å². The van der Waals surface area contributed by atoms with Crippen molar-refractivity contribution in [3.8, 4) is 5.75 Å². The first-order valence-electron chi connectivity index (χ1n) is 8.57. The fraction of sp³-hybridized carbons (Fsp3) is 0.316. The lowest BCUT2D eigenvalue weighted by molar-refractivity contribution is -0.118. The smallest absolute Gasteiger partial charge is 0.262 e. The number of carbonyl (C=O) groups is 1. The fourth-order valence-corrected chi connectivity index (χ4v) is 3.68. The zero-order valence-corrected chi connectivity index (χ0v) is 16.9. The average molecular weight is 411 g/mol. The highest BCUT2D eigenvalue weighted by molar-refractivity contribution is 7.89. The van der Waals surface area contributed by atoms with Gasteiger partial charge in [-0.2, -0.15) is 0 Å². The van der Waals surface area contributed by atoms with Gasteiger partial charge in [0.2, 0.25) is 10.0 Å². The van der Waals surface area contributed by atoms with E-state index in [-0.39, 0.29) is 17.4 Å². The summed E-state index contributed by atoms with van der Waals surface area (Å²) in [6, 6.07) is 12.8. The molecule has 0 aliphatic rings. The van der Waals surface area contributed by atoms with Crippen molar-refractivity contribution in [3.63, 3.8) is 0 Å². The van der Waals surface area contributed by atoms with E-state index in [0.717, 1.165) is 12.8 Å². The van der Waals surface area contributed by atoms with Crippen molar-refractivity contribution in [1.29, 1.82) is 0 Å². The molecule has 0 aromatic heterocycles. The molecule has 6 nitrogen and oxygen atoms in total. The molecule has 0 bridgehead atoms. The van der Waals surface area contributed by atoms with Crippen LogP contribution in [-0.2, 0) is 14.8 Å². The maximum atomic E-state index is 12.5. The quantitative estimate of drug-likeness (QED) is 0.682. The van der Waals surface area contributed by atoms with E-state index in [1.54, 1.807) is 43.4 Å². The number of benzene rings is 2. The Kier molecular flexibility index (Phi) is 7.65. The van der Waals surface area contributed by atoms with Gasteiger partial charge in [0.25, 0.3) is 5.91 Å². The van der Waals surface area contributed by atoms with Crippen LogP contribution in [0.15, 0.2) is 53.4 Å². The standard InChI is InChI=1S/C19H23ClN2O4S/c1-3-4-12-22(2)27(24,25)18-10-8-16(9-11-18)21-19(23)14-26-17-7-5-6-15(20)13-17/h5-11,13H,3-4,12,14H2,1-2H3,(H,21,23). The van der Waals surface area contributed by atoms with Crippen LogP contribution in [0.5, 0.6) is 5.75 Å². The van der Waals surface area contributed by atoms with Crippen LogP contribution in [0.25, 0.3) is 0 Å². The Hall–Kier alpha value is -2.09. The molecule has 1 amide bonds. The third kappa shape index (κ3) is 6.23. The summed E-state index contributed by atoms with van der Waals surface area (Å²) >= 11 is 5.86. The molecule has 0 aliphatic carbocycles. The van der Waals surface area contributed by atoms with E-state index in [2.05, 4.69) is 5.32 Å². The molecule has 0 atom stereocenters. The number of anilines is 1. The van der Waals surface area contributed by atoms with Crippen LogP contribution in [0.2, 0.25) is 5.02 Å². The molecule has 0 aliphatic heterocycles. The molecule has 2 aromatic carbocycles. The number of rotatable bonds is 9. The molecule has 146 valence electrons. The lowest BCUT2D eigenvalue weighted by Gasteiger charge is -2.17. The third-order valence-corrected chi connectivity index (χ3v) is 5.95. The topological polar surface area (TPSA) is 75.7 Å². The van der Waals surface area contributed by atoms with Crippen LogP contribution in [0, 0.1) is 0 Å². The van der Waals surface area contributed by atoms with Crippen molar-refractivity contribution in [2.24, 2.45) is 0 Å². The Morgan fingerprint density at radius 3 is 2.52 bits per heavy atom. The molecular formula is C19H23ClN2O4S. The second-order valence-corrected chi connectivity index (χ2v) is 8.48. The molecule has 0 radical (unpaired) electrons. The summed E-state index contributed by atoms with van der Waals surface area (Å²) in [6.45, 7) is 2.30. The highest BCUT2D eigenvalue weighted by atomic mass is 35.5. The predicted octanol–water partition coefficient (Wildman–Crippen LogP) is 3.78. The van der Waals surface area contributed by atoms with Gasteiger partial charge in [0.1, 0.15) is 5.75 Å². The Labute approximate surface area is 165 Å². The number of hydrogen-bond donors (Lipinski definition) is 1. The minimum Gasteiger partial charge on any atom is -0.484 e. The number of hydrogen-bond acceptors (Lipinski definition) is 4. The summed E-state index contributed by atoms with van der Waals surface area (Å²) in [4.78, 5) is 12.2. The largest absolute Gasteiger partial charge is 0.484 e. The number of sulfonamides is 1. The van der Waals surface area contributed by atoms with E-state index >= 15 is 0 Å². The zero-order valence-electron chi connectivity index (χ0n) is 15.3. The normalized spacial score (nSPS) is 11.4. The Balaban J connectivity index is 1.93. The molecule has 0 saturated heterocycles. The van der Waals surface area contributed by atoms with Crippen molar-refractivity contribution in [2.45, 2.75) is 24.7 Å². The van der Waals surface area contributed by atoms with E-state index in [4.69, 9.17) is 16.3 Å². The fourth-order valence-electron chi connectivity index (χ4n) is 2.29. The first-order chi connectivity index (χ1) is 12.8. The second kappa shape index (κ2) is 9.73. The number of carbonyl (C=O) groups excluding carboxylic acids is 1. The molecule has 2 aromatic rings. The third-order valence-electron chi connectivity index (χ3n) is 3.84. The highest BCUT2D eigenvalue weighted by Gasteiger charge is 2.20. The van der Waals surface area contributed by atoms with Crippen molar-refractivity contribution in [2.75, 3.05) is 25.5 Å². The Morgan fingerprint density at radius 2 is 1.89 bits per heavy atom. The Bertz CT molecular complexity index is 870. The van der Waals surface area contributed by atoms with Gasteiger partial charge in [-0.3, -0.25) is 4.79 Å². The van der Waals surface area contributed by atoms with E-state index in [1.165, 1.54) is 16.4 Å². The van der Waals surface area contributed by atoms with E-state index in [9.17, 15) is 13.2 Å². The molecule has 27 heavy (non-hydrogen) atoms. The van der Waals surface area contributed by atoms with Crippen LogP contribution in [0.1, 0.15) is 19.8 Å². The maximum absolute atomic E-state index is 12.5. The molecule has 2 rings (SSSR count). The van der Waals surface area contributed by atoms with E-state index in [1.807, 2.05) is 6.92 Å². The molecular weight excluding hydrogens is 388 g/mol. The summed E-state index contributed by atoms with van der Waals surface area (Å²) < 4.78 is 31.6. The number of nitrogens with one attached hydrogen (secondary N) is 1.